The molecule has 3 N–H and O–H groups in total. The van der Waals surface area contributed by atoms with Gasteiger partial charge in [0.05, 0.1) is 29.6 Å². The molecule has 196 valence electrons. The predicted molar refractivity (Wildman–Crippen MR) is 146 cm³/mol. The molecule has 2 saturated heterocycles. The molecule has 1 aromatic heterocycles. The van der Waals surface area contributed by atoms with Crippen LogP contribution in [0.25, 0.3) is 0 Å². The molecule has 2 fully saturated rings. The molecule has 1 amide bonds. The van der Waals surface area contributed by atoms with E-state index in [0.717, 1.165) is 75.7 Å². The SMILES string of the molecule is CC[C@H]1CN(c2ncc(NSOOC)cc2Cl)CCN1C1CCN(C(=O)c2ccc(Cl)cc2N)CC1. The van der Waals surface area contributed by atoms with Crippen molar-refractivity contribution in [1.82, 2.24) is 14.8 Å². The van der Waals surface area contributed by atoms with Crippen LogP contribution in [-0.4, -0.2) is 72.6 Å². The highest BCUT2D eigenvalue weighted by molar-refractivity contribution is 7.95. The van der Waals surface area contributed by atoms with Crippen molar-refractivity contribution in [2.24, 2.45) is 0 Å². The average Bonchev–Trinajstić information content (AvgIpc) is 2.88. The minimum Gasteiger partial charge on any atom is -0.398 e. The van der Waals surface area contributed by atoms with Gasteiger partial charge in [-0.15, -0.1) is 4.33 Å². The molecule has 0 unspecified atom stereocenters. The number of hydrogen-bond donors (Lipinski definition) is 2. The van der Waals surface area contributed by atoms with Crippen LogP contribution >= 0.6 is 35.4 Å². The van der Waals surface area contributed by atoms with Gasteiger partial charge in [-0.2, -0.15) is 0 Å². The summed E-state index contributed by atoms with van der Waals surface area (Å²) in [7, 11) is 1.44. The number of likely N-dealkylation sites (tertiary alicyclic amines) is 1. The lowest BCUT2D eigenvalue weighted by molar-refractivity contribution is -0.159. The van der Waals surface area contributed by atoms with Crippen LogP contribution in [0.15, 0.2) is 30.5 Å². The van der Waals surface area contributed by atoms with Gasteiger partial charge in [0.25, 0.3) is 5.91 Å². The molecule has 2 aliphatic rings. The predicted octanol–water partition coefficient (Wildman–Crippen LogP) is 4.73. The van der Waals surface area contributed by atoms with Crippen LogP contribution in [0, 0.1) is 0 Å². The summed E-state index contributed by atoms with van der Waals surface area (Å²) in [4.78, 5) is 28.9. The van der Waals surface area contributed by atoms with Gasteiger partial charge in [-0.25, -0.2) is 9.87 Å². The topological polar surface area (TPSA) is 96.2 Å². The van der Waals surface area contributed by atoms with Gasteiger partial charge >= 0.3 is 0 Å². The van der Waals surface area contributed by atoms with Gasteiger partial charge in [0.2, 0.25) is 0 Å². The zero-order valence-electron chi connectivity index (χ0n) is 20.5. The Morgan fingerprint density at radius 1 is 1.22 bits per heavy atom. The number of halogens is 2. The number of nitrogens with two attached hydrogens (primary N) is 1. The monoisotopic (exact) mass is 554 g/mol. The van der Waals surface area contributed by atoms with Crippen LogP contribution < -0.4 is 15.4 Å². The second-order valence-electron chi connectivity index (χ2n) is 8.95. The van der Waals surface area contributed by atoms with Crippen LogP contribution in [0.2, 0.25) is 10.0 Å². The lowest BCUT2D eigenvalue weighted by Crippen LogP contribution is -2.58. The smallest absolute Gasteiger partial charge is 0.255 e. The van der Waals surface area contributed by atoms with E-state index in [0.29, 0.717) is 33.4 Å². The van der Waals surface area contributed by atoms with Gasteiger partial charge in [-0.05, 0) is 43.5 Å². The minimum absolute atomic E-state index is 0.0229. The summed E-state index contributed by atoms with van der Waals surface area (Å²) in [5.74, 6) is 0.768. The van der Waals surface area contributed by atoms with Crippen LogP contribution in [0.1, 0.15) is 36.5 Å². The molecule has 4 rings (SSSR count). The molecule has 0 bridgehead atoms. The molecule has 0 spiro atoms. The van der Waals surface area contributed by atoms with Gasteiger partial charge in [0, 0.05) is 55.5 Å². The molecule has 1 aromatic carbocycles. The Kier molecular flexibility index (Phi) is 9.43. The Labute approximate surface area is 226 Å². The minimum atomic E-state index is -0.0229. The van der Waals surface area contributed by atoms with Gasteiger partial charge in [-0.3, -0.25) is 9.69 Å². The van der Waals surface area contributed by atoms with Crippen LogP contribution in [0.4, 0.5) is 17.2 Å². The Balaban J connectivity index is 1.34. The summed E-state index contributed by atoms with van der Waals surface area (Å²) < 4.78 is 7.73. The number of piperazine rings is 1. The summed E-state index contributed by atoms with van der Waals surface area (Å²) in [6, 6.07) is 7.72. The third kappa shape index (κ3) is 6.30. The lowest BCUT2D eigenvalue weighted by Gasteiger charge is -2.47. The van der Waals surface area contributed by atoms with Crippen molar-refractivity contribution >= 4 is 58.5 Å². The third-order valence-corrected chi connectivity index (χ3v) is 7.88. The Bertz CT molecular complexity index is 1060. The molecule has 0 saturated carbocycles. The molecule has 2 aliphatic heterocycles. The van der Waals surface area contributed by atoms with E-state index in [4.69, 9.17) is 33.3 Å². The third-order valence-electron chi connectivity index (χ3n) is 6.85. The van der Waals surface area contributed by atoms with Gasteiger partial charge in [0.1, 0.15) is 18.0 Å². The Morgan fingerprint density at radius 3 is 2.67 bits per heavy atom. The van der Waals surface area contributed by atoms with Crippen molar-refractivity contribution in [3.63, 3.8) is 0 Å². The first-order valence-corrected chi connectivity index (χ1v) is 13.5. The largest absolute Gasteiger partial charge is 0.398 e. The summed E-state index contributed by atoms with van der Waals surface area (Å²) in [6.07, 6.45) is 4.65. The average molecular weight is 556 g/mol. The standard InChI is InChI=1S/C24H32Cl2N6O3S/c1-3-18-15-31(23-21(26)13-17(14-28-23)29-36-35-34-2)10-11-32(18)19-6-8-30(9-7-19)24(33)20-5-4-16(25)12-22(20)27/h4-5,12-14,18-19,29H,3,6-11,15,27H2,1-2H3/t18-/m0/s1. The molecule has 1 atom stereocenters. The van der Waals surface area contributed by atoms with Gasteiger partial charge in [-0.1, -0.05) is 30.1 Å². The van der Waals surface area contributed by atoms with E-state index in [2.05, 4.69) is 31.3 Å². The van der Waals surface area contributed by atoms with Crippen molar-refractivity contribution in [2.45, 2.75) is 38.3 Å². The van der Waals surface area contributed by atoms with E-state index in [-0.39, 0.29) is 5.91 Å². The lowest BCUT2D eigenvalue weighted by atomic mass is 9.97. The normalized spacial score (nSPS) is 19.5. The molecular formula is C24H32Cl2N6O3S. The van der Waals surface area contributed by atoms with Crippen molar-refractivity contribution in [2.75, 3.05) is 55.2 Å². The Hall–Kier alpha value is -1.95. The number of piperidine rings is 1. The molecule has 2 aromatic rings. The number of carbonyl (C=O) groups is 1. The fourth-order valence-electron chi connectivity index (χ4n) is 5.02. The molecule has 0 aliphatic carbocycles. The number of nitrogens with zero attached hydrogens (tertiary/aromatic N) is 4. The highest BCUT2D eigenvalue weighted by Gasteiger charge is 2.35. The Morgan fingerprint density at radius 2 is 2.00 bits per heavy atom. The summed E-state index contributed by atoms with van der Waals surface area (Å²) >= 11 is 13.5. The summed E-state index contributed by atoms with van der Waals surface area (Å²) in [6.45, 7) is 6.29. The molecule has 0 radical (unpaired) electrons. The van der Waals surface area contributed by atoms with Gasteiger partial charge < -0.3 is 20.3 Å². The van der Waals surface area contributed by atoms with Gasteiger partial charge in [0.15, 0.2) is 0 Å². The van der Waals surface area contributed by atoms with Crippen LogP contribution in [-0.2, 0) is 9.22 Å². The maximum absolute atomic E-state index is 13.0. The van der Waals surface area contributed by atoms with E-state index >= 15 is 0 Å². The summed E-state index contributed by atoms with van der Waals surface area (Å²) in [5, 5.41) is 1.13. The first-order valence-electron chi connectivity index (χ1n) is 12.0. The van der Waals surface area contributed by atoms with E-state index in [1.807, 2.05) is 11.0 Å². The number of nitrogens with one attached hydrogen (secondary N) is 1. The molecule has 12 heteroatoms. The van der Waals surface area contributed by atoms with E-state index in [1.165, 1.54) is 7.11 Å². The number of benzene rings is 1. The zero-order chi connectivity index (χ0) is 25.7. The fourth-order valence-corrected chi connectivity index (χ4v) is 5.80. The van der Waals surface area contributed by atoms with Crippen LogP contribution in [0.5, 0.6) is 0 Å². The summed E-state index contributed by atoms with van der Waals surface area (Å²) in [5.41, 5.74) is 7.72. The second-order valence-corrected chi connectivity index (χ2v) is 10.3. The number of pyridine rings is 1. The van der Waals surface area contributed by atoms with Crippen LogP contribution in [0.3, 0.4) is 0 Å². The van der Waals surface area contributed by atoms with Crippen molar-refractivity contribution in [3.8, 4) is 0 Å². The zero-order valence-corrected chi connectivity index (χ0v) is 22.8. The van der Waals surface area contributed by atoms with Crippen molar-refractivity contribution in [1.29, 1.82) is 0 Å². The number of amides is 1. The fraction of sp³-hybridized carbons (Fsp3) is 0.500. The number of hydrogen-bond acceptors (Lipinski definition) is 9. The maximum Gasteiger partial charge on any atom is 0.255 e. The number of anilines is 3. The van der Waals surface area contributed by atoms with Crippen molar-refractivity contribution in [3.05, 3.63) is 46.1 Å². The molecular weight excluding hydrogens is 523 g/mol. The molecule has 9 nitrogen and oxygen atoms in total. The molecule has 36 heavy (non-hydrogen) atoms. The van der Waals surface area contributed by atoms with E-state index in [1.54, 1.807) is 24.4 Å². The molecule has 3 heterocycles. The second kappa shape index (κ2) is 12.5. The highest BCUT2D eigenvalue weighted by atomic mass is 35.5. The number of nitrogen functional groups attached to an aromatic ring is 1. The number of carbonyl (C=O) groups excluding carboxylic acids is 1. The maximum atomic E-state index is 13.0. The quantitative estimate of drug-likeness (QED) is 0.120. The number of aromatic nitrogens is 1. The van der Waals surface area contributed by atoms with E-state index in [9.17, 15) is 4.79 Å². The highest BCUT2D eigenvalue weighted by Crippen LogP contribution is 2.31. The van der Waals surface area contributed by atoms with E-state index < -0.39 is 0 Å². The first kappa shape index (κ1) is 27.1. The van der Waals surface area contributed by atoms with Crippen molar-refractivity contribution < 1.29 is 14.0 Å². The first-order chi connectivity index (χ1) is 17.4. The number of rotatable bonds is 8.